The zero-order chi connectivity index (χ0) is 19.9. The fraction of sp³-hybridized carbons (Fsp3) is 0.667. The Hall–Kier alpha value is -1.84. The number of carbonyl (C=O) groups is 2. The summed E-state index contributed by atoms with van der Waals surface area (Å²) in [7, 11) is 0. The van der Waals surface area contributed by atoms with E-state index in [0.29, 0.717) is 6.47 Å². The Kier molecular flexibility index (Phi) is 7.14. The molecule has 0 aromatic heterocycles. The van der Waals surface area contributed by atoms with Crippen molar-refractivity contribution in [2.24, 2.45) is 5.41 Å². The van der Waals surface area contributed by atoms with Crippen molar-refractivity contribution < 1.29 is 19.4 Å². The molecule has 3 rings (SSSR count). The molecule has 0 bridgehead atoms. The first-order chi connectivity index (χ1) is 13.6. The van der Waals surface area contributed by atoms with Gasteiger partial charge in [-0.1, -0.05) is 43.5 Å². The van der Waals surface area contributed by atoms with E-state index in [1.54, 1.807) is 0 Å². The van der Waals surface area contributed by atoms with Crippen molar-refractivity contribution >= 4 is 12.4 Å². The van der Waals surface area contributed by atoms with Crippen molar-refractivity contribution in [3.8, 4) is 0 Å². The van der Waals surface area contributed by atoms with Crippen LogP contribution in [-0.2, 0) is 27.2 Å². The van der Waals surface area contributed by atoms with Crippen molar-refractivity contribution in [3.05, 3.63) is 35.4 Å². The number of aryl methyl sites for hydroxylation is 2. The summed E-state index contributed by atoms with van der Waals surface area (Å²) in [5.74, 6) is -0.593. The minimum absolute atomic E-state index is 0.101. The summed E-state index contributed by atoms with van der Waals surface area (Å²) in [6.07, 6.45) is 14.7. The molecule has 0 saturated heterocycles. The Morgan fingerprint density at radius 3 is 1.82 bits per heavy atom. The first-order valence-corrected chi connectivity index (χ1v) is 11.0. The number of benzene rings is 1. The van der Waals surface area contributed by atoms with Gasteiger partial charge in [-0.2, -0.15) is 0 Å². The lowest BCUT2D eigenvalue weighted by Crippen LogP contribution is -2.14. The molecule has 0 heterocycles. The third kappa shape index (κ3) is 6.08. The number of carbonyl (C=O) groups excluding carboxylic acids is 1. The summed E-state index contributed by atoms with van der Waals surface area (Å²) in [5, 5.41) is 9.20. The Balaban J connectivity index is 1.23. The van der Waals surface area contributed by atoms with E-state index in [9.17, 15) is 14.7 Å². The van der Waals surface area contributed by atoms with E-state index in [-0.39, 0.29) is 11.0 Å². The van der Waals surface area contributed by atoms with Crippen LogP contribution < -0.4 is 0 Å². The van der Waals surface area contributed by atoms with E-state index in [2.05, 4.69) is 24.3 Å². The molecular weight excluding hydrogens is 352 g/mol. The highest BCUT2D eigenvalue weighted by Crippen LogP contribution is 2.50. The minimum Gasteiger partial charge on any atom is -0.481 e. The van der Waals surface area contributed by atoms with Crippen LogP contribution >= 0.6 is 0 Å². The van der Waals surface area contributed by atoms with Crippen LogP contribution in [0.5, 0.6) is 0 Å². The Morgan fingerprint density at radius 2 is 1.39 bits per heavy atom. The molecule has 2 fully saturated rings. The van der Waals surface area contributed by atoms with Crippen molar-refractivity contribution in [2.45, 2.75) is 95.5 Å². The van der Waals surface area contributed by atoms with Gasteiger partial charge >= 0.3 is 5.97 Å². The van der Waals surface area contributed by atoms with Gasteiger partial charge in [0.2, 0.25) is 0 Å². The van der Waals surface area contributed by atoms with Crippen LogP contribution in [0.4, 0.5) is 0 Å². The lowest BCUT2D eigenvalue weighted by molar-refractivity contribution is -0.143. The average Bonchev–Trinajstić information content (AvgIpc) is 3.60. The number of ether oxygens (including phenoxy) is 1. The molecule has 2 aliphatic carbocycles. The fourth-order valence-corrected chi connectivity index (χ4v) is 4.18. The highest BCUT2D eigenvalue weighted by Gasteiger charge is 2.49. The molecule has 2 aliphatic rings. The topological polar surface area (TPSA) is 63.6 Å². The first-order valence-electron chi connectivity index (χ1n) is 11.0. The number of rotatable bonds is 15. The molecule has 28 heavy (non-hydrogen) atoms. The van der Waals surface area contributed by atoms with Crippen LogP contribution in [-0.4, -0.2) is 23.1 Å². The second-order valence-corrected chi connectivity index (χ2v) is 8.92. The number of aliphatic carboxylic acids is 1. The van der Waals surface area contributed by atoms with E-state index in [0.717, 1.165) is 77.0 Å². The Bertz CT molecular complexity index is 641. The van der Waals surface area contributed by atoms with Gasteiger partial charge < -0.3 is 9.84 Å². The average molecular weight is 387 g/mol. The molecule has 4 nitrogen and oxygen atoms in total. The summed E-state index contributed by atoms with van der Waals surface area (Å²) in [4.78, 5) is 21.7. The first kappa shape index (κ1) is 20.9. The smallest absolute Gasteiger partial charge is 0.309 e. The molecule has 0 spiro atoms. The summed E-state index contributed by atoms with van der Waals surface area (Å²) in [5.41, 5.74) is 2.31. The monoisotopic (exact) mass is 386 g/mol. The molecule has 1 N–H and O–H groups in total. The molecule has 0 atom stereocenters. The summed E-state index contributed by atoms with van der Waals surface area (Å²) < 4.78 is 5.19. The lowest BCUT2D eigenvalue weighted by Gasteiger charge is -2.12. The van der Waals surface area contributed by atoms with Gasteiger partial charge in [0.25, 0.3) is 6.47 Å². The van der Waals surface area contributed by atoms with Crippen LogP contribution in [0.15, 0.2) is 24.3 Å². The van der Waals surface area contributed by atoms with Gasteiger partial charge in [0.1, 0.15) is 5.60 Å². The standard InChI is InChI=1S/C24H34O4/c25-19-28-24(17-18-24)14-6-2-4-8-21-11-9-20(10-12-21)7-3-1-5-13-23(15-16-23)22(26)27/h9-12,19H,1-8,13-18H2,(H,26,27). The van der Waals surface area contributed by atoms with Crippen LogP contribution in [0.3, 0.4) is 0 Å². The zero-order valence-corrected chi connectivity index (χ0v) is 17.0. The van der Waals surface area contributed by atoms with E-state index in [1.165, 1.54) is 24.0 Å². The van der Waals surface area contributed by atoms with E-state index < -0.39 is 5.97 Å². The second kappa shape index (κ2) is 9.58. The molecule has 0 radical (unpaired) electrons. The maximum absolute atomic E-state index is 11.2. The van der Waals surface area contributed by atoms with Crippen LogP contribution in [0.25, 0.3) is 0 Å². The Labute approximate surface area is 168 Å². The highest BCUT2D eigenvalue weighted by atomic mass is 16.5. The van der Waals surface area contributed by atoms with Crippen LogP contribution in [0.1, 0.15) is 88.2 Å². The van der Waals surface area contributed by atoms with E-state index in [1.807, 2.05) is 0 Å². The van der Waals surface area contributed by atoms with Gasteiger partial charge in [0.05, 0.1) is 5.41 Å². The van der Waals surface area contributed by atoms with Crippen molar-refractivity contribution in [1.82, 2.24) is 0 Å². The quantitative estimate of drug-likeness (QED) is 0.321. The van der Waals surface area contributed by atoms with Crippen molar-refractivity contribution in [2.75, 3.05) is 0 Å². The minimum atomic E-state index is -0.593. The lowest BCUT2D eigenvalue weighted by atomic mass is 9.97. The summed E-state index contributed by atoms with van der Waals surface area (Å²) in [6.45, 7) is 0.605. The van der Waals surface area contributed by atoms with Gasteiger partial charge in [-0.05, 0) is 81.8 Å². The van der Waals surface area contributed by atoms with Crippen LogP contribution in [0, 0.1) is 5.41 Å². The van der Waals surface area contributed by atoms with E-state index in [4.69, 9.17) is 4.74 Å². The third-order valence-electron chi connectivity index (χ3n) is 6.65. The highest BCUT2D eigenvalue weighted by molar-refractivity contribution is 5.77. The van der Waals surface area contributed by atoms with E-state index >= 15 is 0 Å². The maximum atomic E-state index is 11.2. The molecule has 0 unspecified atom stereocenters. The molecule has 154 valence electrons. The largest absolute Gasteiger partial charge is 0.481 e. The van der Waals surface area contributed by atoms with Gasteiger partial charge in [-0.25, -0.2) is 0 Å². The number of hydrogen-bond donors (Lipinski definition) is 1. The molecular formula is C24H34O4. The SMILES string of the molecule is O=COC1(CCCCCc2ccc(CCCCCC3(C(=O)O)CC3)cc2)CC1. The zero-order valence-electron chi connectivity index (χ0n) is 17.0. The van der Waals surface area contributed by atoms with Gasteiger partial charge in [-0.15, -0.1) is 0 Å². The molecule has 1 aromatic carbocycles. The predicted molar refractivity (Wildman–Crippen MR) is 109 cm³/mol. The van der Waals surface area contributed by atoms with Crippen molar-refractivity contribution in [3.63, 3.8) is 0 Å². The predicted octanol–water partition coefficient (Wildman–Crippen LogP) is 5.46. The Morgan fingerprint density at radius 1 is 0.857 bits per heavy atom. The summed E-state index contributed by atoms with van der Waals surface area (Å²) >= 11 is 0. The van der Waals surface area contributed by atoms with Crippen LogP contribution in [0.2, 0.25) is 0 Å². The number of hydrogen-bond acceptors (Lipinski definition) is 3. The van der Waals surface area contributed by atoms with Gasteiger partial charge in [0, 0.05) is 0 Å². The van der Waals surface area contributed by atoms with Crippen molar-refractivity contribution in [1.29, 1.82) is 0 Å². The number of unbranched alkanes of at least 4 members (excludes halogenated alkanes) is 4. The third-order valence-corrected chi connectivity index (χ3v) is 6.65. The number of carboxylic acid groups (broad SMARTS) is 1. The van der Waals surface area contributed by atoms with Gasteiger partial charge in [-0.3, -0.25) is 9.59 Å². The number of carboxylic acids is 1. The second-order valence-electron chi connectivity index (χ2n) is 8.92. The fourth-order valence-electron chi connectivity index (χ4n) is 4.18. The normalized spacial score (nSPS) is 18.4. The van der Waals surface area contributed by atoms with Gasteiger partial charge in [0.15, 0.2) is 0 Å². The molecule has 2 saturated carbocycles. The summed E-state index contributed by atoms with van der Waals surface area (Å²) in [6, 6.07) is 8.98. The molecule has 1 aromatic rings. The molecule has 4 heteroatoms. The molecule has 0 aliphatic heterocycles. The molecule has 0 amide bonds. The maximum Gasteiger partial charge on any atom is 0.309 e.